The van der Waals surface area contributed by atoms with Crippen molar-refractivity contribution in [1.29, 1.82) is 0 Å². The van der Waals surface area contributed by atoms with Crippen LogP contribution in [0.2, 0.25) is 0 Å². The number of nitrogens with zero attached hydrogens (tertiary/aromatic N) is 3. The molecule has 2 heterocycles. The summed E-state index contributed by atoms with van der Waals surface area (Å²) in [5.41, 5.74) is 5.92. The van der Waals surface area contributed by atoms with Gasteiger partial charge >= 0.3 is 0 Å². The van der Waals surface area contributed by atoms with E-state index in [0.29, 0.717) is 5.65 Å². The van der Waals surface area contributed by atoms with Gasteiger partial charge in [-0.25, -0.2) is 4.98 Å². The number of rotatable bonds is 3. The van der Waals surface area contributed by atoms with Crippen molar-refractivity contribution in [3.8, 4) is 0 Å². The largest absolute Gasteiger partial charge is 0.396 e. The highest BCUT2D eigenvalue weighted by Gasteiger charge is 2.35. The molecule has 0 saturated heterocycles. The van der Waals surface area contributed by atoms with Gasteiger partial charge in [-0.05, 0) is 24.7 Å². The van der Waals surface area contributed by atoms with Crippen molar-refractivity contribution in [2.75, 3.05) is 18.9 Å². The smallest absolute Gasteiger partial charge is 0.280 e. The minimum absolute atomic E-state index is 0.0461. The Balaban J connectivity index is 2.01. The van der Waals surface area contributed by atoms with Crippen LogP contribution in [0.25, 0.3) is 11.2 Å². The van der Waals surface area contributed by atoms with Crippen LogP contribution in [0.4, 0.5) is 5.95 Å². The fourth-order valence-corrected chi connectivity index (χ4v) is 3.06. The van der Waals surface area contributed by atoms with Gasteiger partial charge in [-0.1, -0.05) is 0 Å². The normalized spacial score (nSPS) is 23.7. The minimum Gasteiger partial charge on any atom is -0.396 e. The second-order valence-electron chi connectivity index (χ2n) is 5.29. The van der Waals surface area contributed by atoms with Crippen LogP contribution >= 0.6 is 0 Å². The molecule has 0 unspecified atom stereocenters. The van der Waals surface area contributed by atoms with Crippen molar-refractivity contribution in [2.45, 2.75) is 18.9 Å². The van der Waals surface area contributed by atoms with Crippen molar-refractivity contribution in [1.82, 2.24) is 19.5 Å². The average molecular weight is 279 g/mol. The van der Waals surface area contributed by atoms with Crippen molar-refractivity contribution in [2.24, 2.45) is 11.8 Å². The maximum absolute atomic E-state index is 11.7. The number of anilines is 1. The highest BCUT2D eigenvalue weighted by molar-refractivity contribution is 5.70. The van der Waals surface area contributed by atoms with E-state index in [-0.39, 0.29) is 48.1 Å². The Morgan fingerprint density at radius 3 is 2.60 bits per heavy atom. The lowest BCUT2D eigenvalue weighted by Gasteiger charge is -2.12. The zero-order chi connectivity index (χ0) is 14.3. The molecule has 1 aliphatic carbocycles. The average Bonchev–Trinajstić information content (AvgIpc) is 3.01. The molecule has 0 spiro atoms. The lowest BCUT2D eigenvalue weighted by molar-refractivity contribution is 0.141. The Morgan fingerprint density at radius 2 is 2.00 bits per heavy atom. The second kappa shape index (κ2) is 4.88. The number of aliphatic hydroxyl groups is 2. The first-order valence-electron chi connectivity index (χ1n) is 6.58. The fourth-order valence-electron chi connectivity index (χ4n) is 3.06. The monoisotopic (exact) mass is 279 g/mol. The van der Waals surface area contributed by atoms with Crippen molar-refractivity contribution < 1.29 is 10.2 Å². The van der Waals surface area contributed by atoms with Gasteiger partial charge in [-0.15, -0.1) is 0 Å². The first kappa shape index (κ1) is 13.1. The molecular formula is C12H17N5O3. The first-order valence-corrected chi connectivity index (χ1v) is 6.58. The van der Waals surface area contributed by atoms with Gasteiger partial charge in [0.15, 0.2) is 11.2 Å². The predicted octanol–water partition coefficient (Wildman–Crippen LogP) is -0.746. The molecule has 0 aromatic carbocycles. The summed E-state index contributed by atoms with van der Waals surface area (Å²) in [6.45, 7) is 0.0923. The third-order valence-corrected chi connectivity index (χ3v) is 4.13. The Bertz CT molecular complexity index is 667. The number of nitrogen functional groups attached to an aromatic ring is 1. The van der Waals surface area contributed by atoms with Crippen LogP contribution in [-0.4, -0.2) is 42.9 Å². The summed E-state index contributed by atoms with van der Waals surface area (Å²) < 4.78 is 1.82. The number of hydrogen-bond acceptors (Lipinski definition) is 6. The molecule has 3 rings (SSSR count). The summed E-state index contributed by atoms with van der Waals surface area (Å²) in [7, 11) is 0. The van der Waals surface area contributed by atoms with Gasteiger partial charge in [0, 0.05) is 19.3 Å². The maximum atomic E-state index is 11.7. The highest BCUT2D eigenvalue weighted by atomic mass is 16.3. The summed E-state index contributed by atoms with van der Waals surface area (Å²) in [5, 5.41) is 18.7. The van der Waals surface area contributed by atoms with E-state index >= 15 is 0 Å². The second-order valence-corrected chi connectivity index (χ2v) is 5.29. The Morgan fingerprint density at radius 1 is 1.35 bits per heavy atom. The maximum Gasteiger partial charge on any atom is 0.280 e. The van der Waals surface area contributed by atoms with Gasteiger partial charge in [0.05, 0.1) is 6.33 Å². The molecule has 2 aromatic rings. The molecule has 2 aromatic heterocycles. The van der Waals surface area contributed by atoms with Crippen LogP contribution in [0.15, 0.2) is 11.1 Å². The number of aromatic nitrogens is 4. The first-order chi connectivity index (χ1) is 9.63. The van der Waals surface area contributed by atoms with E-state index in [0.717, 1.165) is 12.8 Å². The van der Waals surface area contributed by atoms with Gasteiger partial charge in [-0.2, -0.15) is 4.98 Å². The van der Waals surface area contributed by atoms with Crippen LogP contribution in [0.5, 0.6) is 0 Å². The fraction of sp³-hybridized carbons (Fsp3) is 0.583. The minimum atomic E-state index is -0.360. The van der Waals surface area contributed by atoms with Crippen LogP contribution in [0.1, 0.15) is 18.9 Å². The predicted molar refractivity (Wildman–Crippen MR) is 72.0 cm³/mol. The molecule has 0 bridgehead atoms. The van der Waals surface area contributed by atoms with Gasteiger partial charge in [-0.3, -0.25) is 9.78 Å². The zero-order valence-electron chi connectivity index (χ0n) is 10.9. The van der Waals surface area contributed by atoms with Gasteiger partial charge in [0.1, 0.15) is 0 Å². The molecule has 0 radical (unpaired) electrons. The molecule has 8 nitrogen and oxygen atoms in total. The number of fused-ring (bicyclic) bond motifs is 1. The zero-order valence-corrected chi connectivity index (χ0v) is 10.9. The summed E-state index contributed by atoms with van der Waals surface area (Å²) in [4.78, 5) is 22.4. The Kier molecular flexibility index (Phi) is 3.19. The van der Waals surface area contributed by atoms with Crippen LogP contribution in [0.3, 0.4) is 0 Å². The number of nitrogens with two attached hydrogens (primary N) is 1. The van der Waals surface area contributed by atoms with Gasteiger partial charge < -0.3 is 20.5 Å². The molecule has 20 heavy (non-hydrogen) atoms. The van der Waals surface area contributed by atoms with Crippen molar-refractivity contribution in [3.05, 3.63) is 16.7 Å². The van der Waals surface area contributed by atoms with E-state index in [1.165, 1.54) is 0 Å². The third kappa shape index (κ3) is 1.97. The van der Waals surface area contributed by atoms with E-state index in [9.17, 15) is 15.0 Å². The number of hydrogen-bond donors (Lipinski definition) is 4. The quantitative estimate of drug-likeness (QED) is 0.585. The van der Waals surface area contributed by atoms with Crippen LogP contribution < -0.4 is 11.3 Å². The van der Waals surface area contributed by atoms with Crippen molar-refractivity contribution >= 4 is 17.1 Å². The summed E-state index contributed by atoms with van der Waals surface area (Å²) >= 11 is 0. The molecule has 0 amide bonds. The molecule has 0 aliphatic heterocycles. The summed E-state index contributed by atoms with van der Waals surface area (Å²) in [5.74, 6) is 0.170. The van der Waals surface area contributed by atoms with E-state index in [1.54, 1.807) is 6.33 Å². The molecule has 5 N–H and O–H groups in total. The molecule has 1 fully saturated rings. The Labute approximate surface area is 114 Å². The molecule has 108 valence electrons. The van der Waals surface area contributed by atoms with Crippen LogP contribution in [0, 0.1) is 11.8 Å². The SMILES string of the molecule is Nc1nc2c(ncn2C2C[C@@H](CO)[C@H](CO)C2)c(=O)[nH]1. The number of aliphatic hydroxyl groups excluding tert-OH is 2. The molecule has 2 atom stereocenters. The number of nitrogens with one attached hydrogen (secondary N) is 1. The molecule has 1 aliphatic rings. The molecular weight excluding hydrogens is 262 g/mol. The summed E-state index contributed by atoms with van der Waals surface area (Å²) in [6.07, 6.45) is 3.02. The number of H-pyrrole nitrogens is 1. The van der Waals surface area contributed by atoms with Gasteiger partial charge in [0.25, 0.3) is 5.56 Å². The van der Waals surface area contributed by atoms with Gasteiger partial charge in [0.2, 0.25) is 5.95 Å². The van der Waals surface area contributed by atoms with Crippen LogP contribution in [-0.2, 0) is 0 Å². The van der Waals surface area contributed by atoms with Crippen molar-refractivity contribution in [3.63, 3.8) is 0 Å². The van der Waals surface area contributed by atoms with E-state index in [2.05, 4.69) is 15.0 Å². The topological polar surface area (TPSA) is 130 Å². The Hall–Kier alpha value is -1.93. The number of aromatic amines is 1. The molecule has 8 heteroatoms. The lowest BCUT2D eigenvalue weighted by Crippen LogP contribution is -2.15. The van der Waals surface area contributed by atoms with E-state index < -0.39 is 0 Å². The van der Waals surface area contributed by atoms with E-state index in [1.807, 2.05) is 4.57 Å². The van der Waals surface area contributed by atoms with E-state index in [4.69, 9.17) is 5.73 Å². The number of imidazole rings is 1. The lowest BCUT2D eigenvalue weighted by atomic mass is 9.98. The third-order valence-electron chi connectivity index (χ3n) is 4.13. The summed E-state index contributed by atoms with van der Waals surface area (Å²) in [6, 6.07) is 0.0583. The highest BCUT2D eigenvalue weighted by Crippen LogP contribution is 2.39. The molecule has 1 saturated carbocycles. The standard InChI is InChI=1S/C12H17N5O3/c13-12-15-10-9(11(20)16-12)14-5-17(10)8-1-6(3-18)7(2-8)4-19/h5-8,18-19H,1-4H2,(H3,13,15,16,20)/t6-,7-/m0/s1.